The van der Waals surface area contributed by atoms with E-state index in [2.05, 4.69) is 14.5 Å². The summed E-state index contributed by atoms with van der Waals surface area (Å²) in [5, 5.41) is 10.7. The van der Waals surface area contributed by atoms with E-state index in [4.69, 9.17) is 0 Å². The van der Waals surface area contributed by atoms with E-state index in [1.54, 1.807) is 6.92 Å². The molecule has 0 aliphatic carbocycles. The second kappa shape index (κ2) is 3.94. The molecule has 0 bridgehead atoms. The quantitative estimate of drug-likeness (QED) is 0.306. The summed E-state index contributed by atoms with van der Waals surface area (Å²) in [5.41, 5.74) is 0. The van der Waals surface area contributed by atoms with Crippen LogP contribution < -0.4 is 5.11 Å². The van der Waals surface area contributed by atoms with Gasteiger partial charge in [0, 0.05) is 6.42 Å². The standard InChI is InChI=1S/C7H11NO4/c1-2-11-7(10)8-5-3-4-12-6(5)9/h5H,2-4H2,1H3,(H,8,10)/p-1/t5-/m0/s1. The smallest absolute Gasteiger partial charge is 0.331 e. The molecule has 0 aromatic carbocycles. The molecule has 68 valence electrons. The van der Waals surface area contributed by atoms with Crippen LogP contribution in [0.4, 0.5) is 0 Å². The Balaban J connectivity index is 2.47. The van der Waals surface area contributed by atoms with Crippen molar-refractivity contribution in [1.29, 1.82) is 0 Å². The van der Waals surface area contributed by atoms with Gasteiger partial charge in [0.1, 0.15) is 6.08 Å². The van der Waals surface area contributed by atoms with Crippen LogP contribution in [0.2, 0.25) is 0 Å². The van der Waals surface area contributed by atoms with Gasteiger partial charge in [0.25, 0.3) is 0 Å². The maximum atomic E-state index is 10.8. The molecule has 0 aromatic heterocycles. The molecule has 0 radical (unpaired) electrons. The van der Waals surface area contributed by atoms with Crippen LogP contribution in [0, 0.1) is 0 Å². The van der Waals surface area contributed by atoms with Crippen molar-refractivity contribution in [2.24, 2.45) is 4.99 Å². The number of hydrogen-bond donors (Lipinski definition) is 0. The van der Waals surface area contributed by atoms with E-state index in [1.807, 2.05) is 0 Å². The first-order valence-electron chi connectivity index (χ1n) is 3.78. The second-order valence-electron chi connectivity index (χ2n) is 2.30. The van der Waals surface area contributed by atoms with E-state index in [9.17, 15) is 9.90 Å². The molecule has 0 spiro atoms. The number of carbonyl (C=O) groups is 1. The summed E-state index contributed by atoms with van der Waals surface area (Å²) in [6.07, 6.45) is -0.223. The van der Waals surface area contributed by atoms with E-state index in [0.29, 0.717) is 13.0 Å². The fourth-order valence-electron chi connectivity index (χ4n) is 0.890. The van der Waals surface area contributed by atoms with Crippen LogP contribution >= 0.6 is 0 Å². The Labute approximate surface area is 70.0 Å². The predicted molar refractivity (Wildman–Crippen MR) is 38.4 cm³/mol. The molecule has 1 aliphatic heterocycles. The van der Waals surface area contributed by atoms with Gasteiger partial charge in [0.15, 0.2) is 6.04 Å². The molecule has 5 nitrogen and oxygen atoms in total. The largest absolute Gasteiger partial charge is 0.601 e. The van der Waals surface area contributed by atoms with Crippen LogP contribution in [0.5, 0.6) is 0 Å². The Bertz CT molecular complexity index is 202. The first-order chi connectivity index (χ1) is 5.74. The lowest BCUT2D eigenvalue weighted by Gasteiger charge is -2.11. The molecule has 1 aliphatic rings. The summed E-state index contributed by atoms with van der Waals surface area (Å²) >= 11 is 0. The molecule has 1 heterocycles. The van der Waals surface area contributed by atoms with E-state index >= 15 is 0 Å². The summed E-state index contributed by atoms with van der Waals surface area (Å²) < 4.78 is 9.14. The zero-order valence-corrected chi connectivity index (χ0v) is 6.78. The minimum atomic E-state index is -0.693. The van der Waals surface area contributed by atoms with Crippen LogP contribution in [0.3, 0.4) is 0 Å². The van der Waals surface area contributed by atoms with Gasteiger partial charge in [0.2, 0.25) is 0 Å². The summed E-state index contributed by atoms with van der Waals surface area (Å²) in [6, 6.07) is -0.649. The van der Waals surface area contributed by atoms with E-state index in [-0.39, 0.29) is 6.61 Å². The van der Waals surface area contributed by atoms with Crippen molar-refractivity contribution < 1.29 is 19.4 Å². The summed E-state index contributed by atoms with van der Waals surface area (Å²) in [4.78, 5) is 14.3. The first kappa shape index (κ1) is 8.83. The number of rotatable bonds is 2. The maximum Gasteiger partial charge on any atom is 0.331 e. The minimum Gasteiger partial charge on any atom is -0.601 e. The summed E-state index contributed by atoms with van der Waals surface area (Å²) in [6.45, 7) is 2.29. The number of cyclic esters (lactones) is 1. The average Bonchev–Trinajstić information content (AvgIpc) is 2.37. The number of ether oxygens (including phenoxy) is 2. The SMILES string of the molecule is CCOC([O-])=N[C@H]1CCOC1=O. The minimum absolute atomic E-state index is 0.268. The van der Waals surface area contributed by atoms with Crippen molar-refractivity contribution in [3.8, 4) is 0 Å². The number of nitrogens with zero attached hydrogens (tertiary/aromatic N) is 1. The molecule has 1 saturated heterocycles. The van der Waals surface area contributed by atoms with Crippen molar-refractivity contribution in [2.45, 2.75) is 19.4 Å². The van der Waals surface area contributed by atoms with Crippen LogP contribution in [0.25, 0.3) is 0 Å². The monoisotopic (exact) mass is 172 g/mol. The molecule has 0 aromatic rings. The third-order valence-electron chi connectivity index (χ3n) is 1.44. The lowest BCUT2D eigenvalue weighted by Crippen LogP contribution is -2.25. The molecular weight excluding hydrogens is 162 g/mol. The maximum absolute atomic E-state index is 10.8. The fourth-order valence-corrected chi connectivity index (χ4v) is 0.890. The van der Waals surface area contributed by atoms with Crippen molar-refractivity contribution in [1.82, 2.24) is 0 Å². The lowest BCUT2D eigenvalue weighted by atomic mass is 10.3. The van der Waals surface area contributed by atoms with Gasteiger partial charge in [-0.3, -0.25) is 4.99 Å². The molecule has 0 N–H and O–H groups in total. The molecule has 0 saturated carbocycles. The molecule has 1 atom stereocenters. The van der Waals surface area contributed by atoms with Crippen LogP contribution in [0.1, 0.15) is 13.3 Å². The van der Waals surface area contributed by atoms with Crippen molar-refractivity contribution >= 4 is 12.1 Å². The number of hydrogen-bond acceptors (Lipinski definition) is 5. The molecule has 1 rings (SSSR count). The van der Waals surface area contributed by atoms with Gasteiger partial charge in [-0.05, 0) is 6.61 Å². The van der Waals surface area contributed by atoms with Crippen molar-refractivity contribution in [3.05, 3.63) is 0 Å². The molecule has 12 heavy (non-hydrogen) atoms. The van der Waals surface area contributed by atoms with Crippen LogP contribution in [0.15, 0.2) is 4.99 Å². The molecule has 5 heteroatoms. The molecular formula is C7H10NO4-. The second-order valence-corrected chi connectivity index (χ2v) is 2.30. The summed E-state index contributed by atoms with van der Waals surface area (Å²) in [5.74, 6) is -0.442. The Morgan fingerprint density at radius 3 is 3.17 bits per heavy atom. The average molecular weight is 172 g/mol. The van der Waals surface area contributed by atoms with Gasteiger partial charge < -0.3 is 14.6 Å². The number of aliphatic imine (C=N–C) groups is 1. The highest BCUT2D eigenvalue weighted by Crippen LogP contribution is 2.09. The van der Waals surface area contributed by atoms with Crippen LogP contribution in [-0.4, -0.2) is 31.3 Å². The van der Waals surface area contributed by atoms with Gasteiger partial charge in [-0.2, -0.15) is 0 Å². The van der Waals surface area contributed by atoms with Gasteiger partial charge in [-0.25, -0.2) is 4.79 Å². The summed E-state index contributed by atoms with van der Waals surface area (Å²) in [7, 11) is 0. The fraction of sp³-hybridized carbons (Fsp3) is 0.714. The van der Waals surface area contributed by atoms with E-state index in [1.165, 1.54) is 0 Å². The molecule has 1 fully saturated rings. The van der Waals surface area contributed by atoms with Crippen molar-refractivity contribution in [2.75, 3.05) is 13.2 Å². The lowest BCUT2D eigenvalue weighted by molar-refractivity contribution is -0.250. The zero-order valence-electron chi connectivity index (χ0n) is 6.78. The third kappa shape index (κ3) is 2.11. The van der Waals surface area contributed by atoms with E-state index < -0.39 is 18.1 Å². The Morgan fingerprint density at radius 1 is 1.92 bits per heavy atom. The highest BCUT2D eigenvalue weighted by atomic mass is 16.6. The highest BCUT2D eigenvalue weighted by Gasteiger charge is 2.25. The molecule has 0 unspecified atom stereocenters. The Kier molecular flexibility index (Phi) is 2.90. The van der Waals surface area contributed by atoms with E-state index in [0.717, 1.165) is 0 Å². The molecule has 0 amide bonds. The number of esters is 1. The van der Waals surface area contributed by atoms with Gasteiger partial charge in [0.05, 0.1) is 6.61 Å². The highest BCUT2D eigenvalue weighted by molar-refractivity contribution is 5.80. The first-order valence-corrected chi connectivity index (χ1v) is 3.78. The Hall–Kier alpha value is -1.26. The number of carbonyl (C=O) groups excluding carboxylic acids is 1. The third-order valence-corrected chi connectivity index (χ3v) is 1.44. The van der Waals surface area contributed by atoms with Gasteiger partial charge in [-0.15, -0.1) is 0 Å². The van der Waals surface area contributed by atoms with Gasteiger partial charge in [-0.1, -0.05) is 6.92 Å². The zero-order chi connectivity index (χ0) is 8.97. The predicted octanol–water partition coefficient (Wildman–Crippen LogP) is -0.945. The Morgan fingerprint density at radius 2 is 2.67 bits per heavy atom. The van der Waals surface area contributed by atoms with Crippen molar-refractivity contribution in [3.63, 3.8) is 0 Å². The normalized spacial score (nSPS) is 23.9. The van der Waals surface area contributed by atoms with Gasteiger partial charge >= 0.3 is 5.97 Å². The topological polar surface area (TPSA) is 70.9 Å². The van der Waals surface area contributed by atoms with Crippen LogP contribution in [-0.2, 0) is 14.3 Å².